The summed E-state index contributed by atoms with van der Waals surface area (Å²) in [5, 5.41) is 20.5. The molecule has 1 rings (SSSR count). The predicted molar refractivity (Wildman–Crippen MR) is 60.0 cm³/mol. The summed E-state index contributed by atoms with van der Waals surface area (Å²) in [7, 11) is 2.04. The van der Waals surface area contributed by atoms with Gasteiger partial charge in [-0.15, -0.1) is 0 Å². The first-order valence-corrected chi connectivity index (χ1v) is 5.58. The Morgan fingerprint density at radius 3 is 2.31 bits per heavy atom. The highest BCUT2D eigenvalue weighted by atomic mass is 16.3. The van der Waals surface area contributed by atoms with Crippen LogP contribution in [0.5, 0.6) is 0 Å². The molecule has 0 spiro atoms. The Bertz CT molecular complexity index is 213. The summed E-state index contributed by atoms with van der Waals surface area (Å²) in [6.07, 6.45) is 0. The van der Waals surface area contributed by atoms with Gasteiger partial charge in [0.2, 0.25) is 5.91 Å². The standard InChI is InChI=1S/C10H21N3O3/c1-12-2-4-13(5-3-12)10(16)6-11-9(7-14)8-15/h9,11,14-15H,2-8H2,1H3. The average molecular weight is 231 g/mol. The van der Waals surface area contributed by atoms with Crippen molar-refractivity contribution in [2.45, 2.75) is 6.04 Å². The molecule has 0 aliphatic carbocycles. The van der Waals surface area contributed by atoms with Gasteiger partial charge in [-0.25, -0.2) is 0 Å². The number of carbonyl (C=O) groups excluding carboxylic acids is 1. The van der Waals surface area contributed by atoms with Crippen molar-refractivity contribution in [3.05, 3.63) is 0 Å². The minimum atomic E-state index is -0.406. The van der Waals surface area contributed by atoms with Crippen LogP contribution in [-0.4, -0.2) is 84.9 Å². The number of hydrogen-bond donors (Lipinski definition) is 3. The molecule has 1 saturated heterocycles. The zero-order valence-corrected chi connectivity index (χ0v) is 9.72. The SMILES string of the molecule is CN1CCN(C(=O)CNC(CO)CO)CC1. The Hall–Kier alpha value is -0.690. The summed E-state index contributed by atoms with van der Waals surface area (Å²) in [6, 6.07) is -0.406. The van der Waals surface area contributed by atoms with E-state index in [2.05, 4.69) is 10.2 Å². The van der Waals surface area contributed by atoms with E-state index in [1.807, 2.05) is 7.05 Å². The van der Waals surface area contributed by atoms with E-state index in [0.717, 1.165) is 26.2 Å². The molecule has 0 aromatic carbocycles. The Morgan fingerprint density at radius 1 is 1.25 bits per heavy atom. The van der Waals surface area contributed by atoms with E-state index >= 15 is 0 Å². The number of carbonyl (C=O) groups is 1. The Kier molecular flexibility index (Phi) is 5.68. The molecule has 1 aliphatic rings. The summed E-state index contributed by atoms with van der Waals surface area (Å²) in [6.45, 7) is 3.15. The summed E-state index contributed by atoms with van der Waals surface area (Å²) >= 11 is 0. The van der Waals surface area contributed by atoms with E-state index in [1.165, 1.54) is 0 Å². The molecule has 0 radical (unpaired) electrons. The highest BCUT2D eigenvalue weighted by Crippen LogP contribution is 1.99. The topological polar surface area (TPSA) is 76.0 Å². The number of likely N-dealkylation sites (N-methyl/N-ethyl adjacent to an activating group) is 1. The predicted octanol–water partition coefficient (Wildman–Crippen LogP) is -2.30. The van der Waals surface area contributed by atoms with E-state index in [4.69, 9.17) is 10.2 Å². The molecular weight excluding hydrogens is 210 g/mol. The van der Waals surface area contributed by atoms with Crippen LogP contribution in [0, 0.1) is 0 Å². The molecule has 0 saturated carbocycles. The van der Waals surface area contributed by atoms with Gasteiger partial charge in [0.15, 0.2) is 0 Å². The van der Waals surface area contributed by atoms with E-state index in [0.29, 0.717) is 0 Å². The van der Waals surface area contributed by atoms with Crippen molar-refractivity contribution in [1.82, 2.24) is 15.1 Å². The molecule has 94 valence electrons. The van der Waals surface area contributed by atoms with Crippen LogP contribution in [0.25, 0.3) is 0 Å². The van der Waals surface area contributed by atoms with Gasteiger partial charge in [0, 0.05) is 26.2 Å². The zero-order valence-electron chi connectivity index (χ0n) is 9.72. The van der Waals surface area contributed by atoms with Crippen molar-refractivity contribution in [2.75, 3.05) is 53.0 Å². The average Bonchev–Trinajstić information content (AvgIpc) is 2.31. The highest BCUT2D eigenvalue weighted by Gasteiger charge is 2.19. The largest absolute Gasteiger partial charge is 0.395 e. The van der Waals surface area contributed by atoms with Crippen molar-refractivity contribution in [2.24, 2.45) is 0 Å². The first-order valence-electron chi connectivity index (χ1n) is 5.58. The van der Waals surface area contributed by atoms with Gasteiger partial charge in [-0.2, -0.15) is 0 Å². The van der Waals surface area contributed by atoms with Crippen LogP contribution in [0.2, 0.25) is 0 Å². The maximum atomic E-state index is 11.7. The molecule has 6 nitrogen and oxygen atoms in total. The first kappa shape index (κ1) is 13.4. The minimum Gasteiger partial charge on any atom is -0.395 e. The Morgan fingerprint density at radius 2 is 1.81 bits per heavy atom. The van der Waals surface area contributed by atoms with Crippen molar-refractivity contribution in [1.29, 1.82) is 0 Å². The maximum absolute atomic E-state index is 11.7. The van der Waals surface area contributed by atoms with Crippen molar-refractivity contribution in [3.8, 4) is 0 Å². The Balaban J connectivity index is 2.24. The second-order valence-corrected chi connectivity index (χ2v) is 4.13. The Labute approximate surface area is 95.8 Å². The quantitative estimate of drug-likeness (QED) is 0.496. The molecule has 1 aliphatic heterocycles. The maximum Gasteiger partial charge on any atom is 0.236 e. The van der Waals surface area contributed by atoms with E-state index in [-0.39, 0.29) is 25.7 Å². The second kappa shape index (κ2) is 6.80. The number of rotatable bonds is 5. The van der Waals surface area contributed by atoms with Gasteiger partial charge in [-0.1, -0.05) is 0 Å². The van der Waals surface area contributed by atoms with Crippen LogP contribution in [0.1, 0.15) is 0 Å². The molecule has 3 N–H and O–H groups in total. The van der Waals surface area contributed by atoms with Crippen LogP contribution in [0.4, 0.5) is 0 Å². The summed E-state index contributed by atoms with van der Waals surface area (Å²) < 4.78 is 0. The normalized spacial score (nSPS) is 18.1. The molecule has 0 unspecified atom stereocenters. The molecule has 0 atom stereocenters. The monoisotopic (exact) mass is 231 g/mol. The lowest BCUT2D eigenvalue weighted by molar-refractivity contribution is -0.132. The van der Waals surface area contributed by atoms with Gasteiger partial charge in [0.25, 0.3) is 0 Å². The summed E-state index contributed by atoms with van der Waals surface area (Å²) in [5.74, 6) is 0.0278. The van der Waals surface area contributed by atoms with Crippen LogP contribution in [0.3, 0.4) is 0 Å². The molecule has 16 heavy (non-hydrogen) atoms. The molecule has 0 aromatic rings. The highest BCUT2D eigenvalue weighted by molar-refractivity contribution is 5.78. The molecule has 0 bridgehead atoms. The van der Waals surface area contributed by atoms with Gasteiger partial charge < -0.3 is 25.3 Å². The molecule has 0 aromatic heterocycles. The fraction of sp³-hybridized carbons (Fsp3) is 0.900. The van der Waals surface area contributed by atoms with E-state index in [1.54, 1.807) is 4.90 Å². The van der Waals surface area contributed by atoms with Crippen LogP contribution in [0.15, 0.2) is 0 Å². The molecule has 1 fully saturated rings. The number of aliphatic hydroxyl groups is 2. The summed E-state index contributed by atoms with van der Waals surface area (Å²) in [5.41, 5.74) is 0. The molecular formula is C10H21N3O3. The lowest BCUT2D eigenvalue weighted by Gasteiger charge is -2.32. The van der Waals surface area contributed by atoms with Crippen molar-refractivity contribution < 1.29 is 15.0 Å². The van der Waals surface area contributed by atoms with Gasteiger partial charge in [-0.05, 0) is 7.05 Å². The minimum absolute atomic E-state index is 0.0278. The van der Waals surface area contributed by atoms with Gasteiger partial charge in [0.1, 0.15) is 0 Å². The lowest BCUT2D eigenvalue weighted by Crippen LogP contribution is -2.51. The molecule has 6 heteroatoms. The smallest absolute Gasteiger partial charge is 0.236 e. The number of amides is 1. The number of nitrogens with zero attached hydrogens (tertiary/aromatic N) is 2. The number of piperazine rings is 1. The van der Waals surface area contributed by atoms with Crippen molar-refractivity contribution in [3.63, 3.8) is 0 Å². The first-order chi connectivity index (χ1) is 7.67. The van der Waals surface area contributed by atoms with Gasteiger partial charge in [-0.3, -0.25) is 4.79 Å². The number of hydrogen-bond acceptors (Lipinski definition) is 5. The van der Waals surface area contributed by atoms with Gasteiger partial charge >= 0.3 is 0 Å². The fourth-order valence-corrected chi connectivity index (χ4v) is 1.59. The fourth-order valence-electron chi connectivity index (χ4n) is 1.59. The molecule has 1 amide bonds. The van der Waals surface area contributed by atoms with Gasteiger partial charge in [0.05, 0.1) is 25.8 Å². The third kappa shape index (κ3) is 4.05. The zero-order chi connectivity index (χ0) is 12.0. The van der Waals surface area contributed by atoms with Crippen LogP contribution in [-0.2, 0) is 4.79 Å². The van der Waals surface area contributed by atoms with E-state index in [9.17, 15) is 4.79 Å². The van der Waals surface area contributed by atoms with Crippen molar-refractivity contribution >= 4 is 5.91 Å². The van der Waals surface area contributed by atoms with E-state index < -0.39 is 6.04 Å². The second-order valence-electron chi connectivity index (χ2n) is 4.13. The van der Waals surface area contributed by atoms with Crippen LogP contribution < -0.4 is 5.32 Å². The third-order valence-corrected chi connectivity index (χ3v) is 2.84. The summed E-state index contributed by atoms with van der Waals surface area (Å²) in [4.78, 5) is 15.7. The third-order valence-electron chi connectivity index (χ3n) is 2.84. The van der Waals surface area contributed by atoms with Crippen LogP contribution >= 0.6 is 0 Å². The number of aliphatic hydroxyl groups excluding tert-OH is 2. The molecule has 1 heterocycles. The lowest BCUT2D eigenvalue weighted by atomic mass is 10.3. The number of nitrogens with one attached hydrogen (secondary N) is 1.